The first kappa shape index (κ1) is 37.2. The summed E-state index contributed by atoms with van der Waals surface area (Å²) in [6.45, 7) is 9.33. The van der Waals surface area contributed by atoms with Crippen molar-refractivity contribution in [1.82, 2.24) is 20.3 Å². The lowest BCUT2D eigenvalue weighted by Gasteiger charge is -2.21. The maximum Gasteiger partial charge on any atom is 0.419 e. The van der Waals surface area contributed by atoms with Gasteiger partial charge in [0.1, 0.15) is 28.9 Å². The Morgan fingerprint density at radius 1 is 1.08 bits per heavy atom. The first-order valence-corrected chi connectivity index (χ1v) is 16.6. The molecule has 2 unspecified atom stereocenters. The second kappa shape index (κ2) is 15.4. The summed E-state index contributed by atoms with van der Waals surface area (Å²) in [5.41, 5.74) is 6.95. The van der Waals surface area contributed by atoms with Crippen LogP contribution in [0.3, 0.4) is 0 Å². The summed E-state index contributed by atoms with van der Waals surface area (Å²) in [6.07, 6.45) is -1.11. The van der Waals surface area contributed by atoms with E-state index in [9.17, 15) is 22.4 Å². The molecule has 12 heteroatoms. The monoisotopic (exact) mass is 705 g/mol. The number of allylic oxidation sites excluding steroid dienone is 1. The number of carbonyl (C=O) groups is 1. The van der Waals surface area contributed by atoms with Crippen LogP contribution in [0, 0.1) is 18.6 Å². The number of rotatable bonds is 7. The molecule has 7 nitrogen and oxygen atoms in total. The summed E-state index contributed by atoms with van der Waals surface area (Å²) in [4.78, 5) is 26.2. The third kappa shape index (κ3) is 7.96. The van der Waals surface area contributed by atoms with Crippen LogP contribution in [-0.4, -0.2) is 41.1 Å². The van der Waals surface area contributed by atoms with Gasteiger partial charge >= 0.3 is 6.18 Å². The number of fused-ring (bicyclic) bond motifs is 2. The van der Waals surface area contributed by atoms with Crippen molar-refractivity contribution in [3.8, 4) is 17.0 Å². The molecule has 3 heterocycles. The number of hydrogen-bond donors (Lipinski definition) is 3. The fourth-order valence-electron chi connectivity index (χ4n) is 6.06. The van der Waals surface area contributed by atoms with Crippen LogP contribution in [0.4, 0.5) is 22.0 Å². The number of imidazole rings is 1. The Morgan fingerprint density at radius 2 is 1.76 bits per heavy atom. The van der Waals surface area contributed by atoms with Crippen LogP contribution in [-0.2, 0) is 6.18 Å². The predicted molar refractivity (Wildman–Crippen MR) is 188 cm³/mol. The predicted octanol–water partition coefficient (Wildman–Crippen LogP) is 8.93. The van der Waals surface area contributed by atoms with Gasteiger partial charge in [-0.15, -0.1) is 6.58 Å². The van der Waals surface area contributed by atoms with Crippen molar-refractivity contribution in [1.29, 1.82) is 0 Å². The zero-order valence-electron chi connectivity index (χ0n) is 28.8. The number of aromatic amines is 1. The Hall–Kier alpha value is -5.10. The van der Waals surface area contributed by atoms with Gasteiger partial charge in [-0.3, -0.25) is 4.79 Å². The standard InChI is InChI=1S/C35H29F5N4O2.C3H6.CH5N/c1-17-10-21(11-29-30(17)44-33(43-29)20-8-9-20)34(45)41-15-24(19-6-4-3-5-7-19)28-13-22-18(2)16-46-32(22)31(42-28)23-12-25(35(38,39)40)27(37)14-26(23)36;1-3-2;1-2/h3-7,10-14,18,20,24H,8-9,15-16H2,1-2H3,(H,41,45)(H,43,44);3H,1H2,2H3;2H2,1H3. The average molecular weight is 706 g/mol. The van der Waals surface area contributed by atoms with E-state index in [0.717, 1.165) is 40.8 Å². The number of halogens is 5. The second-order valence-corrected chi connectivity index (χ2v) is 12.5. The van der Waals surface area contributed by atoms with Gasteiger partial charge in [-0.2, -0.15) is 13.2 Å². The van der Waals surface area contributed by atoms with Crippen LogP contribution in [0.1, 0.15) is 88.6 Å². The minimum atomic E-state index is -5.05. The van der Waals surface area contributed by atoms with E-state index in [4.69, 9.17) is 9.72 Å². The topological polar surface area (TPSA) is 106 Å². The summed E-state index contributed by atoms with van der Waals surface area (Å²) in [5, 5.41) is 3.00. The first-order chi connectivity index (χ1) is 24.4. The lowest BCUT2D eigenvalue weighted by molar-refractivity contribution is -0.140. The maximum atomic E-state index is 15.2. The number of aryl methyl sites for hydroxylation is 1. The minimum absolute atomic E-state index is 0.0798. The molecule has 0 saturated heterocycles. The highest BCUT2D eigenvalue weighted by Gasteiger charge is 2.37. The third-order valence-electron chi connectivity index (χ3n) is 8.69. The molecule has 0 radical (unpaired) electrons. The van der Waals surface area contributed by atoms with Crippen molar-refractivity contribution >= 4 is 16.9 Å². The molecule has 0 bridgehead atoms. The van der Waals surface area contributed by atoms with E-state index >= 15 is 4.39 Å². The molecule has 1 aliphatic carbocycles. The van der Waals surface area contributed by atoms with Crippen molar-refractivity contribution in [3.05, 3.63) is 124 Å². The number of H-pyrrole nitrogens is 1. The molecular formula is C39H40F5N5O2. The molecule has 268 valence electrons. The smallest absolute Gasteiger partial charge is 0.419 e. The molecule has 1 amide bonds. The van der Waals surface area contributed by atoms with Crippen LogP contribution >= 0.6 is 0 Å². The number of nitrogens with zero attached hydrogens (tertiary/aromatic N) is 2. The molecule has 3 aromatic carbocycles. The molecule has 2 atom stereocenters. The number of alkyl halides is 3. The molecule has 2 aliphatic rings. The molecule has 51 heavy (non-hydrogen) atoms. The molecule has 1 fully saturated rings. The Bertz CT molecular complexity index is 2040. The van der Waals surface area contributed by atoms with Gasteiger partial charge in [-0.25, -0.2) is 18.7 Å². The van der Waals surface area contributed by atoms with Gasteiger partial charge < -0.3 is 20.8 Å². The van der Waals surface area contributed by atoms with Gasteiger partial charge in [0.25, 0.3) is 5.91 Å². The van der Waals surface area contributed by atoms with Crippen LogP contribution in [0.5, 0.6) is 5.75 Å². The SMILES string of the molecule is C=CC.CN.Cc1cc(C(=O)NCC(c2ccccc2)c2cc3c(c(-c4cc(C(F)(F)F)c(F)cc4F)n2)OCC3C)cc2[nH]c(C3CC3)nc12. The highest BCUT2D eigenvalue weighted by Crippen LogP contribution is 2.45. The number of nitrogens with one attached hydrogen (secondary N) is 2. The van der Waals surface area contributed by atoms with Crippen LogP contribution in [0.2, 0.25) is 0 Å². The van der Waals surface area contributed by atoms with E-state index in [0.29, 0.717) is 28.8 Å². The number of benzene rings is 3. The Balaban J connectivity index is 0.000000959. The molecule has 7 rings (SSSR count). The number of pyridine rings is 1. The van der Waals surface area contributed by atoms with Crippen LogP contribution in [0.15, 0.2) is 73.3 Å². The summed E-state index contributed by atoms with van der Waals surface area (Å²) < 4.78 is 76.1. The fraction of sp³-hybridized carbons (Fsp3) is 0.308. The highest BCUT2D eigenvalue weighted by atomic mass is 19.4. The van der Waals surface area contributed by atoms with Gasteiger partial charge in [0.15, 0.2) is 0 Å². The van der Waals surface area contributed by atoms with Crippen molar-refractivity contribution in [2.24, 2.45) is 5.73 Å². The quantitative estimate of drug-likeness (QED) is 0.116. The zero-order chi connectivity index (χ0) is 37.0. The number of nitrogens with two attached hydrogens (primary N) is 1. The number of amides is 1. The van der Waals surface area contributed by atoms with E-state index in [1.54, 1.807) is 24.3 Å². The largest absolute Gasteiger partial charge is 0.490 e. The van der Waals surface area contributed by atoms with Crippen LogP contribution in [0.25, 0.3) is 22.3 Å². The molecule has 5 aromatic rings. The van der Waals surface area contributed by atoms with E-state index in [1.165, 1.54) is 7.05 Å². The van der Waals surface area contributed by atoms with E-state index < -0.39 is 34.9 Å². The van der Waals surface area contributed by atoms with Crippen molar-refractivity contribution in [2.45, 2.75) is 57.5 Å². The Morgan fingerprint density at radius 3 is 2.41 bits per heavy atom. The normalized spacial score (nSPS) is 15.5. The summed E-state index contributed by atoms with van der Waals surface area (Å²) in [6, 6.07) is 15.2. The van der Waals surface area contributed by atoms with Crippen molar-refractivity contribution < 1.29 is 31.5 Å². The second-order valence-electron chi connectivity index (χ2n) is 12.5. The van der Waals surface area contributed by atoms with Crippen molar-refractivity contribution in [2.75, 3.05) is 20.2 Å². The summed E-state index contributed by atoms with van der Waals surface area (Å²) in [5.74, 6) is -2.46. The molecule has 2 aromatic heterocycles. The first-order valence-electron chi connectivity index (χ1n) is 16.6. The number of carbonyl (C=O) groups excluding carboxylic acids is 1. The molecule has 4 N–H and O–H groups in total. The summed E-state index contributed by atoms with van der Waals surface area (Å²) >= 11 is 0. The molecule has 0 spiro atoms. The van der Waals surface area contributed by atoms with Gasteiger partial charge in [0.05, 0.1) is 28.9 Å². The van der Waals surface area contributed by atoms with E-state index in [2.05, 4.69) is 27.6 Å². The number of ether oxygens (including phenoxy) is 1. The lowest BCUT2D eigenvalue weighted by atomic mass is 9.91. The van der Waals surface area contributed by atoms with Crippen LogP contribution < -0.4 is 15.8 Å². The molecule has 1 aliphatic heterocycles. The molecular weight excluding hydrogens is 665 g/mol. The van der Waals surface area contributed by atoms with Gasteiger partial charge in [0, 0.05) is 47.1 Å². The third-order valence-corrected chi connectivity index (χ3v) is 8.69. The van der Waals surface area contributed by atoms with Crippen molar-refractivity contribution in [3.63, 3.8) is 0 Å². The number of aromatic nitrogens is 3. The summed E-state index contributed by atoms with van der Waals surface area (Å²) in [7, 11) is 1.50. The Labute approximate surface area is 293 Å². The Kier molecular flexibility index (Phi) is 11.2. The average Bonchev–Trinajstić information content (AvgIpc) is 3.75. The fourth-order valence-corrected chi connectivity index (χ4v) is 6.06. The van der Waals surface area contributed by atoms with E-state index in [-0.39, 0.29) is 42.5 Å². The van der Waals surface area contributed by atoms with Gasteiger partial charge in [-0.1, -0.05) is 43.3 Å². The molecule has 1 saturated carbocycles. The van der Waals surface area contributed by atoms with E-state index in [1.807, 2.05) is 51.1 Å². The highest BCUT2D eigenvalue weighted by molar-refractivity contribution is 5.98. The number of hydrogen-bond acceptors (Lipinski definition) is 5. The minimum Gasteiger partial charge on any atom is -0.490 e. The lowest BCUT2D eigenvalue weighted by Crippen LogP contribution is -2.29. The van der Waals surface area contributed by atoms with Gasteiger partial charge in [-0.05, 0) is 69.1 Å². The zero-order valence-corrected chi connectivity index (χ0v) is 28.8. The maximum absolute atomic E-state index is 15.2. The van der Waals surface area contributed by atoms with Gasteiger partial charge in [0.2, 0.25) is 0 Å².